The fraction of sp³-hybridized carbons (Fsp3) is 0.0556. The van der Waals surface area contributed by atoms with Gasteiger partial charge in [0, 0.05) is 17.0 Å². The Morgan fingerprint density at radius 1 is 0.850 bits per heavy atom. The van der Waals surface area contributed by atoms with E-state index in [1.165, 1.54) is 16.7 Å². The molecule has 0 amide bonds. The van der Waals surface area contributed by atoms with Crippen molar-refractivity contribution in [3.05, 3.63) is 66.5 Å². The second-order valence-electron chi connectivity index (χ2n) is 5.05. The van der Waals surface area contributed by atoms with Gasteiger partial charge in [-0.05, 0) is 36.2 Å². The van der Waals surface area contributed by atoms with E-state index in [1.807, 2.05) is 12.1 Å². The van der Waals surface area contributed by atoms with Gasteiger partial charge < -0.3 is 4.42 Å². The van der Waals surface area contributed by atoms with Gasteiger partial charge in [0.2, 0.25) is 0 Å². The summed E-state index contributed by atoms with van der Waals surface area (Å²) < 4.78 is 5.80. The maximum absolute atomic E-state index is 5.80. The average Bonchev–Trinajstić information content (AvgIpc) is 2.85. The Morgan fingerprint density at radius 3 is 2.65 bits per heavy atom. The van der Waals surface area contributed by atoms with Crippen LogP contribution in [0.3, 0.4) is 0 Å². The van der Waals surface area contributed by atoms with E-state index in [-0.39, 0.29) is 0 Å². The number of aryl methyl sites for hydroxylation is 1. The highest BCUT2D eigenvalue weighted by atomic mass is 16.3. The van der Waals surface area contributed by atoms with Crippen LogP contribution in [0.4, 0.5) is 0 Å². The van der Waals surface area contributed by atoms with Crippen LogP contribution in [0.1, 0.15) is 5.56 Å². The van der Waals surface area contributed by atoms with Crippen LogP contribution in [0.25, 0.3) is 33.1 Å². The van der Waals surface area contributed by atoms with Crippen LogP contribution in [-0.4, -0.2) is 4.98 Å². The first-order valence-corrected chi connectivity index (χ1v) is 6.64. The van der Waals surface area contributed by atoms with Gasteiger partial charge in [0.1, 0.15) is 5.58 Å². The van der Waals surface area contributed by atoms with E-state index < -0.39 is 0 Å². The molecule has 4 aromatic rings. The average molecular weight is 259 g/mol. The topological polar surface area (TPSA) is 26.0 Å². The molecule has 0 aliphatic heterocycles. The third-order valence-electron chi connectivity index (χ3n) is 3.63. The lowest BCUT2D eigenvalue weighted by Crippen LogP contribution is -1.79. The number of aromatic nitrogens is 1. The minimum absolute atomic E-state index is 0.837. The van der Waals surface area contributed by atoms with Crippen LogP contribution in [0.15, 0.2) is 65.3 Å². The van der Waals surface area contributed by atoms with Crippen LogP contribution >= 0.6 is 0 Å². The van der Waals surface area contributed by atoms with E-state index in [4.69, 9.17) is 4.42 Å². The van der Waals surface area contributed by atoms with Crippen molar-refractivity contribution in [2.45, 2.75) is 6.92 Å². The number of pyridine rings is 1. The molecule has 0 radical (unpaired) electrons. The molecule has 2 aromatic heterocycles. The molecule has 96 valence electrons. The van der Waals surface area contributed by atoms with Gasteiger partial charge in [-0.2, -0.15) is 0 Å². The Labute approximate surface area is 116 Å². The SMILES string of the molecule is Cc1cccc(-c2ccc3oc4cnccc4c3c2)c1. The minimum atomic E-state index is 0.837. The minimum Gasteiger partial charge on any atom is -0.454 e. The predicted molar refractivity (Wildman–Crippen MR) is 81.7 cm³/mol. The first kappa shape index (κ1) is 11.2. The quantitative estimate of drug-likeness (QED) is 0.483. The van der Waals surface area contributed by atoms with E-state index in [0.717, 1.165) is 21.9 Å². The largest absolute Gasteiger partial charge is 0.454 e. The van der Waals surface area contributed by atoms with E-state index in [0.29, 0.717) is 0 Å². The van der Waals surface area contributed by atoms with Gasteiger partial charge in [-0.1, -0.05) is 35.9 Å². The molecule has 0 saturated carbocycles. The van der Waals surface area contributed by atoms with Gasteiger partial charge in [-0.3, -0.25) is 4.98 Å². The number of nitrogens with zero attached hydrogens (tertiary/aromatic N) is 1. The van der Waals surface area contributed by atoms with E-state index in [1.54, 1.807) is 12.4 Å². The van der Waals surface area contributed by atoms with Crippen molar-refractivity contribution in [2.24, 2.45) is 0 Å². The second kappa shape index (κ2) is 4.20. The highest BCUT2D eigenvalue weighted by Crippen LogP contribution is 2.31. The zero-order valence-electron chi connectivity index (χ0n) is 11.1. The third-order valence-corrected chi connectivity index (χ3v) is 3.63. The number of furan rings is 1. The molecule has 20 heavy (non-hydrogen) atoms. The molecular formula is C18H13NO. The number of fused-ring (bicyclic) bond motifs is 3. The van der Waals surface area contributed by atoms with Gasteiger partial charge in [-0.15, -0.1) is 0 Å². The predicted octanol–water partition coefficient (Wildman–Crippen LogP) is 4.96. The molecule has 2 heteroatoms. The standard InChI is InChI=1S/C18H13NO/c1-12-3-2-4-13(9-12)14-5-6-17-16(10-14)15-7-8-19-11-18(15)20-17/h2-11H,1H3. The highest BCUT2D eigenvalue weighted by Gasteiger charge is 2.08. The van der Waals surface area contributed by atoms with Crippen molar-refractivity contribution in [3.63, 3.8) is 0 Å². The van der Waals surface area contributed by atoms with Crippen LogP contribution in [-0.2, 0) is 0 Å². The first-order valence-electron chi connectivity index (χ1n) is 6.64. The summed E-state index contributed by atoms with van der Waals surface area (Å²) in [5.74, 6) is 0. The maximum atomic E-state index is 5.80. The molecule has 0 fully saturated rings. The van der Waals surface area contributed by atoms with Crippen LogP contribution in [0.5, 0.6) is 0 Å². The molecule has 0 aliphatic carbocycles. The van der Waals surface area contributed by atoms with Gasteiger partial charge in [-0.25, -0.2) is 0 Å². The summed E-state index contributed by atoms with van der Waals surface area (Å²) >= 11 is 0. The van der Waals surface area contributed by atoms with Crippen molar-refractivity contribution in [2.75, 3.05) is 0 Å². The van der Waals surface area contributed by atoms with Gasteiger partial charge in [0.15, 0.2) is 5.58 Å². The van der Waals surface area contributed by atoms with Crippen molar-refractivity contribution < 1.29 is 4.42 Å². The fourth-order valence-corrected chi connectivity index (χ4v) is 2.64. The van der Waals surface area contributed by atoms with Gasteiger partial charge in [0.25, 0.3) is 0 Å². The van der Waals surface area contributed by atoms with Crippen LogP contribution < -0.4 is 0 Å². The molecule has 0 saturated heterocycles. The van der Waals surface area contributed by atoms with E-state index in [9.17, 15) is 0 Å². The first-order chi connectivity index (χ1) is 9.81. The molecule has 2 nitrogen and oxygen atoms in total. The second-order valence-corrected chi connectivity index (χ2v) is 5.05. The molecule has 2 heterocycles. The summed E-state index contributed by atoms with van der Waals surface area (Å²) in [5, 5.41) is 2.26. The third kappa shape index (κ3) is 1.69. The van der Waals surface area contributed by atoms with Crippen molar-refractivity contribution in [3.8, 4) is 11.1 Å². The lowest BCUT2D eigenvalue weighted by atomic mass is 10.0. The monoisotopic (exact) mass is 259 g/mol. The Kier molecular flexibility index (Phi) is 2.36. The summed E-state index contributed by atoms with van der Waals surface area (Å²) in [4.78, 5) is 4.11. The zero-order chi connectivity index (χ0) is 13.5. The Morgan fingerprint density at radius 2 is 1.75 bits per heavy atom. The van der Waals surface area contributed by atoms with Gasteiger partial charge in [0.05, 0.1) is 6.20 Å². The fourth-order valence-electron chi connectivity index (χ4n) is 2.64. The number of benzene rings is 2. The molecule has 2 aromatic carbocycles. The Bertz CT molecular complexity index is 921. The van der Waals surface area contributed by atoms with E-state index >= 15 is 0 Å². The maximum Gasteiger partial charge on any atom is 0.153 e. The number of rotatable bonds is 1. The molecule has 0 aliphatic rings. The van der Waals surface area contributed by atoms with Crippen LogP contribution in [0, 0.1) is 6.92 Å². The number of hydrogen-bond donors (Lipinski definition) is 0. The number of hydrogen-bond acceptors (Lipinski definition) is 2. The summed E-state index contributed by atoms with van der Waals surface area (Å²) in [6.07, 6.45) is 3.57. The smallest absolute Gasteiger partial charge is 0.153 e. The Balaban J connectivity index is 2.00. The molecule has 0 spiro atoms. The molecule has 0 unspecified atom stereocenters. The molecule has 0 atom stereocenters. The summed E-state index contributed by atoms with van der Waals surface area (Å²) in [6.45, 7) is 2.11. The lowest BCUT2D eigenvalue weighted by molar-refractivity contribution is 0.667. The van der Waals surface area contributed by atoms with Crippen LogP contribution in [0.2, 0.25) is 0 Å². The molecule has 4 rings (SSSR count). The Hall–Kier alpha value is -2.61. The summed E-state index contributed by atoms with van der Waals surface area (Å²) in [5.41, 5.74) is 5.45. The molecule has 0 N–H and O–H groups in total. The van der Waals surface area contributed by atoms with Crippen molar-refractivity contribution in [1.82, 2.24) is 4.98 Å². The van der Waals surface area contributed by atoms with E-state index in [2.05, 4.69) is 48.3 Å². The summed E-state index contributed by atoms with van der Waals surface area (Å²) in [6, 6.07) is 16.9. The normalized spacial score (nSPS) is 11.2. The highest BCUT2D eigenvalue weighted by molar-refractivity contribution is 6.05. The lowest BCUT2D eigenvalue weighted by Gasteiger charge is -2.03. The van der Waals surface area contributed by atoms with Gasteiger partial charge >= 0.3 is 0 Å². The zero-order valence-corrected chi connectivity index (χ0v) is 11.1. The summed E-state index contributed by atoms with van der Waals surface area (Å²) in [7, 11) is 0. The molecule has 0 bridgehead atoms. The van der Waals surface area contributed by atoms with Crippen molar-refractivity contribution >= 4 is 21.9 Å². The van der Waals surface area contributed by atoms with Crippen molar-refractivity contribution in [1.29, 1.82) is 0 Å². The molecular weight excluding hydrogens is 246 g/mol.